The molecule has 0 aromatic heterocycles. The summed E-state index contributed by atoms with van der Waals surface area (Å²) < 4.78 is 32.1. The van der Waals surface area contributed by atoms with Gasteiger partial charge in [-0.3, -0.25) is 4.79 Å². The smallest absolute Gasteiger partial charge is 0.337 e. The van der Waals surface area contributed by atoms with Crippen LogP contribution < -0.4 is 5.32 Å². The standard InChI is InChI=1S/C24H30N2O5S/c1-16(2)18-5-8-21(9-6-18)32(29,30)26-13-11-19(12-14-26)23(27)25-22-10-7-20(15-17(22)3)24(28)31-4/h5-10,15-16,19H,11-14H2,1-4H3,(H,25,27). The first kappa shape index (κ1) is 23.9. The number of nitrogens with one attached hydrogen (secondary N) is 1. The van der Waals surface area contributed by atoms with Crippen molar-refractivity contribution in [1.82, 2.24) is 4.31 Å². The molecule has 172 valence electrons. The van der Waals surface area contributed by atoms with Gasteiger partial charge in [0.1, 0.15) is 0 Å². The topological polar surface area (TPSA) is 92.8 Å². The fourth-order valence-electron chi connectivity index (χ4n) is 3.82. The van der Waals surface area contributed by atoms with Crippen molar-refractivity contribution >= 4 is 27.6 Å². The molecule has 1 saturated heterocycles. The zero-order valence-electron chi connectivity index (χ0n) is 18.9. The Morgan fingerprint density at radius 1 is 1.06 bits per heavy atom. The molecule has 0 bridgehead atoms. The van der Waals surface area contributed by atoms with Gasteiger partial charge in [-0.05, 0) is 67.1 Å². The number of piperidine rings is 1. The Balaban J connectivity index is 1.61. The van der Waals surface area contributed by atoms with E-state index in [1.54, 1.807) is 30.3 Å². The second-order valence-electron chi connectivity index (χ2n) is 8.41. The Kier molecular flexibility index (Phi) is 7.36. The molecular formula is C24H30N2O5S. The number of nitrogens with zero attached hydrogens (tertiary/aromatic N) is 1. The van der Waals surface area contributed by atoms with Crippen LogP contribution in [-0.2, 0) is 19.6 Å². The van der Waals surface area contributed by atoms with Gasteiger partial charge in [-0.25, -0.2) is 13.2 Å². The summed E-state index contributed by atoms with van der Waals surface area (Å²) in [6, 6.07) is 12.0. The van der Waals surface area contributed by atoms with Crippen LogP contribution >= 0.6 is 0 Å². The maximum Gasteiger partial charge on any atom is 0.337 e. The highest BCUT2D eigenvalue weighted by Gasteiger charge is 2.32. The number of carbonyl (C=O) groups excluding carboxylic acids is 2. The minimum absolute atomic E-state index is 0.141. The highest BCUT2D eigenvalue weighted by atomic mass is 32.2. The Labute approximate surface area is 189 Å². The lowest BCUT2D eigenvalue weighted by atomic mass is 9.97. The normalized spacial score (nSPS) is 15.5. The number of hydrogen-bond donors (Lipinski definition) is 1. The van der Waals surface area contributed by atoms with E-state index in [4.69, 9.17) is 4.74 Å². The van der Waals surface area contributed by atoms with E-state index < -0.39 is 16.0 Å². The maximum absolute atomic E-state index is 13.0. The summed E-state index contributed by atoms with van der Waals surface area (Å²) in [7, 11) is -2.26. The summed E-state index contributed by atoms with van der Waals surface area (Å²) in [5.41, 5.74) is 2.89. The van der Waals surface area contributed by atoms with Crippen molar-refractivity contribution in [3.05, 3.63) is 59.2 Å². The molecular weight excluding hydrogens is 428 g/mol. The quantitative estimate of drug-likeness (QED) is 0.662. The highest BCUT2D eigenvalue weighted by molar-refractivity contribution is 7.89. The fourth-order valence-corrected chi connectivity index (χ4v) is 5.29. The SMILES string of the molecule is COC(=O)c1ccc(NC(=O)C2CCN(S(=O)(=O)c3ccc(C(C)C)cc3)CC2)c(C)c1. The van der Waals surface area contributed by atoms with Crippen molar-refractivity contribution in [2.75, 3.05) is 25.5 Å². The largest absolute Gasteiger partial charge is 0.465 e. The van der Waals surface area contributed by atoms with Crippen LogP contribution in [0.5, 0.6) is 0 Å². The number of carbonyl (C=O) groups is 2. The molecule has 0 spiro atoms. The molecule has 1 heterocycles. The molecule has 3 rings (SSSR count). The lowest BCUT2D eigenvalue weighted by Gasteiger charge is -2.30. The monoisotopic (exact) mass is 458 g/mol. The van der Waals surface area contributed by atoms with Crippen molar-refractivity contribution in [1.29, 1.82) is 0 Å². The number of anilines is 1. The van der Waals surface area contributed by atoms with Gasteiger partial charge in [0.15, 0.2) is 0 Å². The first-order chi connectivity index (χ1) is 15.1. The molecule has 7 nitrogen and oxygen atoms in total. The van der Waals surface area contributed by atoms with Crippen molar-refractivity contribution in [3.8, 4) is 0 Å². The van der Waals surface area contributed by atoms with Gasteiger partial charge in [0.2, 0.25) is 15.9 Å². The van der Waals surface area contributed by atoms with Gasteiger partial charge < -0.3 is 10.1 Å². The Bertz CT molecular complexity index is 1090. The van der Waals surface area contributed by atoms with E-state index in [1.165, 1.54) is 11.4 Å². The van der Waals surface area contributed by atoms with Crippen molar-refractivity contribution in [2.45, 2.75) is 44.4 Å². The van der Waals surface area contributed by atoms with Gasteiger partial charge in [0.05, 0.1) is 17.6 Å². The molecule has 1 N–H and O–H groups in total. The number of aryl methyl sites for hydroxylation is 1. The average molecular weight is 459 g/mol. The Morgan fingerprint density at radius 2 is 1.69 bits per heavy atom. The predicted molar refractivity (Wildman–Crippen MR) is 123 cm³/mol. The van der Waals surface area contributed by atoms with Crippen LogP contribution in [0.25, 0.3) is 0 Å². The van der Waals surface area contributed by atoms with Crippen LogP contribution in [0.3, 0.4) is 0 Å². The van der Waals surface area contributed by atoms with Crippen molar-refractivity contribution < 1.29 is 22.7 Å². The van der Waals surface area contributed by atoms with Gasteiger partial charge in [-0.15, -0.1) is 0 Å². The van der Waals surface area contributed by atoms with Crippen molar-refractivity contribution in [3.63, 3.8) is 0 Å². The second kappa shape index (κ2) is 9.83. The third-order valence-corrected chi connectivity index (χ3v) is 7.83. The molecule has 1 fully saturated rings. The third kappa shape index (κ3) is 5.19. The summed E-state index contributed by atoms with van der Waals surface area (Å²) in [6.07, 6.45) is 0.906. The van der Waals surface area contributed by atoms with Gasteiger partial charge in [-0.1, -0.05) is 26.0 Å². The number of sulfonamides is 1. The molecule has 0 aliphatic carbocycles. The molecule has 32 heavy (non-hydrogen) atoms. The molecule has 0 unspecified atom stereocenters. The molecule has 1 aliphatic rings. The van der Waals surface area contributed by atoms with E-state index in [9.17, 15) is 18.0 Å². The lowest BCUT2D eigenvalue weighted by Crippen LogP contribution is -2.41. The van der Waals surface area contributed by atoms with Gasteiger partial charge >= 0.3 is 5.97 Å². The van der Waals surface area contributed by atoms with E-state index in [0.717, 1.165) is 11.1 Å². The Morgan fingerprint density at radius 3 is 2.22 bits per heavy atom. The number of esters is 1. The maximum atomic E-state index is 13.0. The molecule has 0 radical (unpaired) electrons. The number of benzene rings is 2. The van der Waals surface area contributed by atoms with Crippen LogP contribution in [-0.4, -0.2) is 44.8 Å². The fraction of sp³-hybridized carbons (Fsp3) is 0.417. The molecule has 8 heteroatoms. The predicted octanol–water partition coefficient (Wildman–Crippen LogP) is 3.94. The van der Waals surface area contributed by atoms with E-state index in [-0.39, 0.29) is 16.7 Å². The number of amides is 1. The average Bonchev–Trinajstić information content (AvgIpc) is 2.79. The third-order valence-electron chi connectivity index (χ3n) is 5.91. The minimum Gasteiger partial charge on any atom is -0.465 e. The summed E-state index contributed by atoms with van der Waals surface area (Å²) in [6.45, 7) is 6.53. The van der Waals surface area contributed by atoms with E-state index in [2.05, 4.69) is 19.2 Å². The Hall–Kier alpha value is -2.71. The molecule has 0 saturated carbocycles. The van der Waals surface area contributed by atoms with E-state index in [1.807, 2.05) is 19.1 Å². The highest BCUT2D eigenvalue weighted by Crippen LogP contribution is 2.27. The van der Waals surface area contributed by atoms with Gasteiger partial charge in [0.25, 0.3) is 0 Å². The molecule has 1 aliphatic heterocycles. The lowest BCUT2D eigenvalue weighted by molar-refractivity contribution is -0.120. The van der Waals surface area contributed by atoms with Crippen LogP contribution in [0.1, 0.15) is 54.1 Å². The summed E-state index contributed by atoms with van der Waals surface area (Å²) in [5.74, 6) is -0.513. The van der Waals surface area contributed by atoms with Gasteiger partial charge in [-0.2, -0.15) is 4.31 Å². The second-order valence-corrected chi connectivity index (χ2v) is 10.4. The number of rotatable bonds is 6. The first-order valence-corrected chi connectivity index (χ1v) is 12.2. The number of ether oxygens (including phenoxy) is 1. The zero-order valence-corrected chi connectivity index (χ0v) is 19.7. The van der Waals surface area contributed by atoms with E-state index >= 15 is 0 Å². The first-order valence-electron chi connectivity index (χ1n) is 10.7. The number of methoxy groups -OCH3 is 1. The van der Waals surface area contributed by atoms with Crippen LogP contribution in [0.4, 0.5) is 5.69 Å². The molecule has 2 aromatic rings. The summed E-state index contributed by atoms with van der Waals surface area (Å²) >= 11 is 0. The molecule has 0 atom stereocenters. The molecule has 2 aromatic carbocycles. The minimum atomic E-state index is -3.58. The summed E-state index contributed by atoms with van der Waals surface area (Å²) in [4.78, 5) is 24.7. The van der Waals surface area contributed by atoms with Crippen LogP contribution in [0.2, 0.25) is 0 Å². The van der Waals surface area contributed by atoms with E-state index in [0.29, 0.717) is 43.1 Å². The van der Waals surface area contributed by atoms with Crippen LogP contribution in [0.15, 0.2) is 47.4 Å². The molecule has 1 amide bonds. The zero-order chi connectivity index (χ0) is 23.5. The van der Waals surface area contributed by atoms with Gasteiger partial charge in [0, 0.05) is 24.7 Å². The van der Waals surface area contributed by atoms with Crippen molar-refractivity contribution in [2.24, 2.45) is 5.92 Å². The number of hydrogen-bond acceptors (Lipinski definition) is 5. The van der Waals surface area contributed by atoms with Crippen LogP contribution in [0, 0.1) is 12.8 Å². The summed E-state index contributed by atoms with van der Waals surface area (Å²) in [5, 5.41) is 2.91.